The Morgan fingerprint density at radius 2 is 2.14 bits per heavy atom. The Bertz CT molecular complexity index is 1080. The van der Waals surface area contributed by atoms with Gasteiger partial charge in [-0.2, -0.15) is 5.26 Å². The minimum Gasteiger partial charge on any atom is -0.308 e. The average molecular weight is 414 g/mol. The number of imidazole rings is 1. The van der Waals surface area contributed by atoms with Crippen molar-refractivity contribution in [2.75, 3.05) is 0 Å². The van der Waals surface area contributed by atoms with Crippen LogP contribution in [0.3, 0.4) is 0 Å². The second-order valence-corrected chi connectivity index (χ2v) is 8.26. The number of benzene rings is 1. The van der Waals surface area contributed by atoms with Crippen LogP contribution in [0.5, 0.6) is 0 Å². The number of nitrogens with zero attached hydrogens (tertiary/aromatic N) is 4. The first-order valence-corrected chi connectivity index (χ1v) is 10.2. The number of aromatic nitrogens is 3. The van der Waals surface area contributed by atoms with E-state index in [0.29, 0.717) is 40.1 Å². The summed E-state index contributed by atoms with van der Waals surface area (Å²) in [6.07, 6.45) is 8.23. The molecular formula is C21H21Cl2N5. The number of halogens is 2. The molecule has 1 fully saturated rings. The zero-order valence-corrected chi connectivity index (χ0v) is 17.1. The largest absolute Gasteiger partial charge is 0.308 e. The summed E-state index contributed by atoms with van der Waals surface area (Å²) < 4.78 is 1.90. The van der Waals surface area contributed by atoms with Crippen LogP contribution < -0.4 is 5.73 Å². The van der Waals surface area contributed by atoms with E-state index in [1.807, 2.05) is 23.6 Å². The lowest BCUT2D eigenvalue weighted by molar-refractivity contribution is 0.463. The van der Waals surface area contributed by atoms with Gasteiger partial charge in [0.2, 0.25) is 0 Å². The molecule has 144 valence electrons. The lowest BCUT2D eigenvalue weighted by atomic mass is 9.89. The number of rotatable bonds is 6. The minimum atomic E-state index is -1.09. The third-order valence-corrected chi connectivity index (χ3v) is 5.95. The molecular weight excluding hydrogens is 393 g/mol. The summed E-state index contributed by atoms with van der Waals surface area (Å²) in [5.41, 5.74) is 9.16. The van der Waals surface area contributed by atoms with Gasteiger partial charge in [-0.25, -0.2) is 4.98 Å². The molecule has 3 aromatic rings. The number of aryl methyl sites for hydroxylation is 1. The molecule has 1 aromatic carbocycles. The molecule has 0 spiro atoms. The fraction of sp³-hybridized carbons (Fsp3) is 0.381. The Morgan fingerprint density at radius 1 is 1.36 bits per heavy atom. The quantitative estimate of drug-likeness (QED) is 0.606. The van der Waals surface area contributed by atoms with Crippen molar-refractivity contribution in [3.8, 4) is 17.3 Å². The molecule has 2 N–H and O–H groups in total. The van der Waals surface area contributed by atoms with E-state index >= 15 is 0 Å². The second kappa shape index (κ2) is 7.36. The van der Waals surface area contributed by atoms with E-state index in [1.165, 1.54) is 12.8 Å². The first-order valence-electron chi connectivity index (χ1n) is 9.49. The molecule has 4 rings (SSSR count). The van der Waals surface area contributed by atoms with E-state index in [2.05, 4.69) is 11.1 Å². The molecule has 1 unspecified atom stereocenters. The van der Waals surface area contributed by atoms with Gasteiger partial charge in [0.1, 0.15) is 11.2 Å². The van der Waals surface area contributed by atoms with Crippen LogP contribution in [-0.2, 0) is 12.0 Å². The van der Waals surface area contributed by atoms with Gasteiger partial charge in [0, 0.05) is 23.0 Å². The fourth-order valence-electron chi connectivity index (χ4n) is 3.68. The molecule has 0 aliphatic heterocycles. The molecule has 2 heterocycles. The van der Waals surface area contributed by atoms with Crippen LogP contribution in [0.2, 0.25) is 10.0 Å². The van der Waals surface area contributed by atoms with Crippen LogP contribution in [0.1, 0.15) is 44.0 Å². The summed E-state index contributed by atoms with van der Waals surface area (Å²) >= 11 is 12.5. The maximum atomic E-state index is 9.96. The molecule has 2 aromatic heterocycles. The van der Waals surface area contributed by atoms with Gasteiger partial charge in [-0.1, -0.05) is 43.0 Å². The lowest BCUT2D eigenvalue weighted by Crippen LogP contribution is -2.37. The smallest absolute Gasteiger partial charge is 0.164 e. The predicted octanol–water partition coefficient (Wildman–Crippen LogP) is 5.13. The molecule has 1 aliphatic rings. The van der Waals surface area contributed by atoms with Crippen LogP contribution in [0.15, 0.2) is 30.6 Å². The van der Waals surface area contributed by atoms with Crippen molar-refractivity contribution in [2.45, 2.75) is 44.6 Å². The van der Waals surface area contributed by atoms with Gasteiger partial charge in [0.05, 0.1) is 22.5 Å². The molecule has 0 saturated heterocycles. The monoisotopic (exact) mass is 413 g/mol. The summed E-state index contributed by atoms with van der Waals surface area (Å²) in [4.78, 5) is 9.32. The minimum absolute atomic E-state index is 0.503. The Kier molecular flexibility index (Phi) is 5.05. The molecule has 0 radical (unpaired) electrons. The summed E-state index contributed by atoms with van der Waals surface area (Å²) in [6, 6.07) is 7.66. The molecule has 1 saturated carbocycles. The molecule has 1 atom stereocenters. The van der Waals surface area contributed by atoms with Crippen molar-refractivity contribution in [1.29, 1.82) is 5.26 Å². The molecule has 1 aliphatic carbocycles. The molecule has 0 bridgehead atoms. The van der Waals surface area contributed by atoms with E-state index in [4.69, 9.17) is 33.9 Å². The number of nitrogens with two attached hydrogens (primary N) is 1. The van der Waals surface area contributed by atoms with Gasteiger partial charge < -0.3 is 5.73 Å². The Balaban J connectivity index is 1.89. The molecule has 7 heteroatoms. The molecule has 0 amide bonds. The number of nitriles is 1. The summed E-state index contributed by atoms with van der Waals surface area (Å²) in [5.74, 6) is 0.700. The maximum Gasteiger partial charge on any atom is 0.164 e. The van der Waals surface area contributed by atoms with Gasteiger partial charge in [-0.3, -0.25) is 9.38 Å². The third-order valence-electron chi connectivity index (χ3n) is 5.40. The highest BCUT2D eigenvalue weighted by Gasteiger charge is 2.36. The van der Waals surface area contributed by atoms with Gasteiger partial charge in [0.15, 0.2) is 5.65 Å². The second-order valence-electron chi connectivity index (χ2n) is 7.42. The van der Waals surface area contributed by atoms with Crippen molar-refractivity contribution in [3.05, 3.63) is 52.0 Å². The number of hydrogen-bond acceptors (Lipinski definition) is 4. The third kappa shape index (κ3) is 3.37. The van der Waals surface area contributed by atoms with E-state index in [9.17, 15) is 5.26 Å². The van der Waals surface area contributed by atoms with E-state index in [-0.39, 0.29) is 0 Å². The lowest BCUT2D eigenvalue weighted by Gasteiger charge is -2.23. The van der Waals surface area contributed by atoms with E-state index in [0.717, 1.165) is 23.4 Å². The zero-order chi connectivity index (χ0) is 19.9. The van der Waals surface area contributed by atoms with Crippen molar-refractivity contribution in [1.82, 2.24) is 14.4 Å². The normalized spacial score (nSPS) is 16.1. The highest BCUT2D eigenvalue weighted by atomic mass is 35.5. The highest BCUT2D eigenvalue weighted by molar-refractivity contribution is 6.36. The average Bonchev–Trinajstić information content (AvgIpc) is 3.44. The van der Waals surface area contributed by atoms with Crippen molar-refractivity contribution in [2.24, 2.45) is 11.7 Å². The van der Waals surface area contributed by atoms with E-state index in [1.54, 1.807) is 18.3 Å². The molecule has 28 heavy (non-hydrogen) atoms. The van der Waals surface area contributed by atoms with Crippen molar-refractivity contribution in [3.63, 3.8) is 0 Å². The number of hydrogen-bond donors (Lipinski definition) is 1. The van der Waals surface area contributed by atoms with Gasteiger partial charge >= 0.3 is 0 Å². The van der Waals surface area contributed by atoms with Gasteiger partial charge in [-0.15, -0.1) is 0 Å². The van der Waals surface area contributed by atoms with Crippen LogP contribution in [0.25, 0.3) is 16.9 Å². The Hall–Kier alpha value is -2.13. The van der Waals surface area contributed by atoms with Crippen LogP contribution in [-0.4, -0.2) is 14.4 Å². The topological polar surface area (TPSA) is 80.0 Å². The standard InChI is InChI=1S/C21H21Cl2N5/c1-2-17-19(21(25,12-24)8-7-13-3-4-13)28-10-9-26-18(20(28)27-17)15-6-5-14(22)11-16(15)23/h5-6,9-11,13H,2-4,7-8,25H2,1H3. The SMILES string of the molecule is CCc1nc2c(-c3ccc(Cl)cc3Cl)nccn2c1C(N)(C#N)CCC1CC1. The number of fused-ring (bicyclic) bond motifs is 1. The first kappa shape index (κ1) is 19.2. The van der Waals surface area contributed by atoms with Crippen LogP contribution in [0.4, 0.5) is 0 Å². The Morgan fingerprint density at radius 3 is 2.79 bits per heavy atom. The summed E-state index contributed by atoms with van der Waals surface area (Å²) in [7, 11) is 0. The summed E-state index contributed by atoms with van der Waals surface area (Å²) in [6.45, 7) is 2.02. The van der Waals surface area contributed by atoms with Gasteiger partial charge in [-0.05, 0) is 43.4 Å². The van der Waals surface area contributed by atoms with Gasteiger partial charge in [0.25, 0.3) is 0 Å². The zero-order valence-electron chi connectivity index (χ0n) is 15.6. The van der Waals surface area contributed by atoms with Crippen LogP contribution >= 0.6 is 23.2 Å². The van der Waals surface area contributed by atoms with Crippen molar-refractivity contribution >= 4 is 28.8 Å². The maximum absolute atomic E-state index is 9.96. The first-order chi connectivity index (χ1) is 13.5. The van der Waals surface area contributed by atoms with E-state index < -0.39 is 5.54 Å². The fourth-order valence-corrected chi connectivity index (χ4v) is 4.18. The molecule has 5 nitrogen and oxygen atoms in total. The summed E-state index contributed by atoms with van der Waals surface area (Å²) in [5, 5.41) is 11.0. The predicted molar refractivity (Wildman–Crippen MR) is 111 cm³/mol. The van der Waals surface area contributed by atoms with Crippen molar-refractivity contribution < 1.29 is 0 Å². The highest BCUT2D eigenvalue weighted by Crippen LogP contribution is 2.39. The Labute approximate surface area is 174 Å². The van der Waals surface area contributed by atoms with Crippen LogP contribution in [0, 0.1) is 17.2 Å².